The Morgan fingerprint density at radius 1 is 1.42 bits per heavy atom. The van der Waals surface area contributed by atoms with Gasteiger partial charge in [-0.25, -0.2) is 0 Å². The summed E-state index contributed by atoms with van der Waals surface area (Å²) in [4.78, 5) is 19.2. The number of aromatic nitrogens is 4. The molecule has 3 aliphatic rings. The molecule has 3 saturated heterocycles. The lowest BCUT2D eigenvalue weighted by Gasteiger charge is -2.49. The topological polar surface area (TPSA) is 102 Å². The first kappa shape index (κ1) is 17.1. The van der Waals surface area contributed by atoms with Gasteiger partial charge in [-0.15, -0.1) is 5.10 Å². The van der Waals surface area contributed by atoms with E-state index in [0.717, 1.165) is 43.7 Å². The molecule has 0 spiro atoms. The van der Waals surface area contributed by atoms with Crippen molar-refractivity contribution in [1.29, 1.82) is 0 Å². The monoisotopic (exact) mass is 355 g/mol. The van der Waals surface area contributed by atoms with Gasteiger partial charge in [0, 0.05) is 44.3 Å². The second-order valence-electron chi connectivity index (χ2n) is 7.25. The fourth-order valence-corrected chi connectivity index (χ4v) is 4.19. The number of rotatable bonds is 6. The summed E-state index contributed by atoms with van der Waals surface area (Å²) in [5.74, 6) is 0.677. The largest absolute Gasteiger partial charge is 0.352 e. The number of hydrogen-bond donors (Lipinski definition) is 2. The van der Waals surface area contributed by atoms with Crippen molar-refractivity contribution in [2.24, 2.45) is 17.6 Å². The highest BCUT2D eigenvalue weighted by Gasteiger charge is 2.43. The average Bonchev–Trinajstić information content (AvgIpc) is 3.15. The lowest BCUT2D eigenvalue weighted by molar-refractivity contribution is -0.133. The minimum atomic E-state index is 0.0759. The van der Waals surface area contributed by atoms with Crippen LogP contribution in [0, 0.1) is 11.8 Å². The maximum atomic E-state index is 12.7. The molecule has 0 aliphatic carbocycles. The van der Waals surface area contributed by atoms with Gasteiger partial charge in [-0.3, -0.25) is 19.4 Å². The van der Waals surface area contributed by atoms with Crippen molar-refractivity contribution in [3.8, 4) is 0 Å². The predicted octanol–water partition coefficient (Wildman–Crippen LogP) is 0.159. The third kappa shape index (κ3) is 3.61. The summed E-state index contributed by atoms with van der Waals surface area (Å²) in [5, 5.41) is 11.3. The summed E-state index contributed by atoms with van der Waals surface area (Å²) in [5.41, 5.74) is 7.45. The zero-order chi connectivity index (χ0) is 17.9. The Kier molecular flexibility index (Phi) is 4.94. The van der Waals surface area contributed by atoms with E-state index >= 15 is 0 Å². The summed E-state index contributed by atoms with van der Waals surface area (Å²) in [7, 11) is 0. The third-order valence-electron chi connectivity index (χ3n) is 5.60. The van der Waals surface area contributed by atoms with E-state index < -0.39 is 0 Å². The highest BCUT2D eigenvalue weighted by molar-refractivity contribution is 5.79. The quantitative estimate of drug-likeness (QED) is 0.765. The number of nitrogens with one attached hydrogen (secondary N) is 1. The second kappa shape index (κ2) is 7.51. The molecule has 1 amide bonds. The molecule has 0 saturated carbocycles. The van der Waals surface area contributed by atoms with Crippen LogP contribution in [0.25, 0.3) is 0 Å². The van der Waals surface area contributed by atoms with E-state index in [4.69, 9.17) is 5.73 Å². The van der Waals surface area contributed by atoms with Crippen molar-refractivity contribution in [2.75, 3.05) is 13.1 Å². The molecule has 2 aromatic rings. The van der Waals surface area contributed by atoms with Crippen LogP contribution in [-0.2, 0) is 24.4 Å². The Morgan fingerprint density at radius 2 is 2.35 bits per heavy atom. The molecule has 8 heteroatoms. The third-order valence-corrected chi connectivity index (χ3v) is 5.60. The summed E-state index contributed by atoms with van der Waals surface area (Å²) in [6.07, 6.45) is 7.57. The maximum Gasteiger partial charge on any atom is 0.224 e. The van der Waals surface area contributed by atoms with Gasteiger partial charge in [-0.2, -0.15) is 0 Å². The lowest BCUT2D eigenvalue weighted by atomic mass is 9.75. The molecule has 2 bridgehead atoms. The van der Waals surface area contributed by atoms with Crippen LogP contribution in [0.5, 0.6) is 0 Å². The minimum absolute atomic E-state index is 0.0759. The van der Waals surface area contributed by atoms with E-state index in [-0.39, 0.29) is 11.8 Å². The molecule has 1 unspecified atom stereocenters. The summed E-state index contributed by atoms with van der Waals surface area (Å²) < 4.78 is 1.88. The van der Waals surface area contributed by atoms with Gasteiger partial charge >= 0.3 is 0 Å². The molecule has 5 rings (SSSR count). The van der Waals surface area contributed by atoms with Crippen LogP contribution >= 0.6 is 0 Å². The Labute approximate surface area is 152 Å². The number of amides is 1. The Bertz CT molecular complexity index is 747. The maximum absolute atomic E-state index is 12.7. The standard InChI is InChI=1S/C18H25N7O/c19-7-15-10-25(23-22-15)11-16-6-14-3-5-24(16)12-17(14)18(26)21-9-13-2-1-4-20-8-13/h1-2,4,8,10,14,16-17H,3,5-7,9,11-12,19H2,(H,21,26)/t14-,16+,17+/m0/s1. The summed E-state index contributed by atoms with van der Waals surface area (Å²) in [6, 6.07) is 4.29. The van der Waals surface area contributed by atoms with Crippen molar-refractivity contribution in [1.82, 2.24) is 30.2 Å². The Balaban J connectivity index is 1.33. The minimum Gasteiger partial charge on any atom is -0.352 e. The number of fused-ring (bicyclic) bond motifs is 3. The van der Waals surface area contributed by atoms with Crippen LogP contribution in [-0.4, -0.2) is 49.9 Å². The highest BCUT2D eigenvalue weighted by Crippen LogP contribution is 2.36. The van der Waals surface area contributed by atoms with Crippen LogP contribution in [0.2, 0.25) is 0 Å². The molecule has 0 aromatic carbocycles. The van der Waals surface area contributed by atoms with Gasteiger partial charge in [0.05, 0.1) is 18.2 Å². The van der Waals surface area contributed by atoms with Gasteiger partial charge < -0.3 is 11.1 Å². The lowest BCUT2D eigenvalue weighted by Crippen LogP contribution is -2.58. The van der Waals surface area contributed by atoms with Crippen molar-refractivity contribution in [2.45, 2.75) is 38.5 Å². The zero-order valence-electron chi connectivity index (χ0n) is 14.8. The number of carbonyl (C=O) groups is 1. The van der Waals surface area contributed by atoms with Crippen molar-refractivity contribution in [3.63, 3.8) is 0 Å². The van der Waals surface area contributed by atoms with E-state index in [2.05, 4.69) is 25.5 Å². The Hall–Kier alpha value is -2.32. The van der Waals surface area contributed by atoms with E-state index in [1.54, 1.807) is 12.4 Å². The second-order valence-corrected chi connectivity index (χ2v) is 7.25. The van der Waals surface area contributed by atoms with Gasteiger partial charge in [-0.1, -0.05) is 11.3 Å². The summed E-state index contributed by atoms with van der Waals surface area (Å²) >= 11 is 0. The van der Waals surface area contributed by atoms with Gasteiger partial charge in [0.15, 0.2) is 0 Å². The molecule has 3 fully saturated rings. The summed E-state index contributed by atoms with van der Waals surface area (Å²) in [6.45, 7) is 3.65. The number of carbonyl (C=O) groups excluding carboxylic acids is 1. The van der Waals surface area contributed by atoms with Crippen LogP contribution in [0.3, 0.4) is 0 Å². The molecule has 26 heavy (non-hydrogen) atoms. The molecule has 5 heterocycles. The van der Waals surface area contributed by atoms with E-state index in [9.17, 15) is 4.79 Å². The molecule has 138 valence electrons. The van der Waals surface area contributed by atoms with Crippen LogP contribution in [0.4, 0.5) is 0 Å². The number of pyridine rings is 1. The first-order chi connectivity index (χ1) is 12.7. The predicted molar refractivity (Wildman–Crippen MR) is 95.6 cm³/mol. The first-order valence-electron chi connectivity index (χ1n) is 9.22. The highest BCUT2D eigenvalue weighted by atomic mass is 16.1. The van der Waals surface area contributed by atoms with E-state index in [1.165, 1.54) is 0 Å². The number of nitrogens with two attached hydrogens (primary N) is 1. The molecule has 0 radical (unpaired) electrons. The fraction of sp³-hybridized carbons (Fsp3) is 0.556. The smallest absolute Gasteiger partial charge is 0.224 e. The van der Waals surface area contributed by atoms with Crippen molar-refractivity contribution in [3.05, 3.63) is 42.0 Å². The van der Waals surface area contributed by atoms with Crippen LogP contribution in [0.15, 0.2) is 30.7 Å². The Morgan fingerprint density at radius 3 is 3.04 bits per heavy atom. The van der Waals surface area contributed by atoms with E-state index in [1.807, 2.05) is 23.0 Å². The zero-order valence-corrected chi connectivity index (χ0v) is 14.8. The van der Waals surface area contributed by atoms with Gasteiger partial charge in [0.25, 0.3) is 0 Å². The number of hydrogen-bond acceptors (Lipinski definition) is 6. The van der Waals surface area contributed by atoms with Crippen LogP contribution in [0.1, 0.15) is 24.1 Å². The van der Waals surface area contributed by atoms with E-state index in [0.29, 0.717) is 25.0 Å². The first-order valence-corrected chi connectivity index (χ1v) is 9.22. The normalized spacial score (nSPS) is 27.4. The van der Waals surface area contributed by atoms with Gasteiger partial charge in [-0.05, 0) is 36.9 Å². The fourth-order valence-electron chi connectivity index (χ4n) is 4.19. The molecular weight excluding hydrogens is 330 g/mol. The molecule has 3 N–H and O–H groups in total. The molecule has 4 atom stereocenters. The molecular formula is C18H25N7O. The van der Waals surface area contributed by atoms with Crippen LogP contribution < -0.4 is 11.1 Å². The SMILES string of the molecule is NCc1cn(C[C@H]2C[C@@H]3CCN2C[C@H]3C(=O)NCc2cccnc2)nn1. The molecule has 3 aliphatic heterocycles. The molecule has 2 aromatic heterocycles. The number of nitrogens with zero attached hydrogens (tertiary/aromatic N) is 5. The molecule has 8 nitrogen and oxygen atoms in total. The van der Waals surface area contributed by atoms with Crippen molar-refractivity contribution < 1.29 is 4.79 Å². The van der Waals surface area contributed by atoms with Gasteiger partial charge in [0.2, 0.25) is 5.91 Å². The van der Waals surface area contributed by atoms with Gasteiger partial charge in [0.1, 0.15) is 0 Å². The van der Waals surface area contributed by atoms with Crippen molar-refractivity contribution >= 4 is 5.91 Å². The average molecular weight is 355 g/mol. The number of piperidine rings is 3.